The highest BCUT2D eigenvalue weighted by molar-refractivity contribution is 6.04. The van der Waals surface area contributed by atoms with Gasteiger partial charge in [-0.05, 0) is 56.2 Å². The van der Waals surface area contributed by atoms with Crippen LogP contribution in [0.25, 0.3) is 22.3 Å². The highest BCUT2D eigenvalue weighted by atomic mass is 16.5. The van der Waals surface area contributed by atoms with Crippen molar-refractivity contribution in [2.24, 2.45) is 0 Å². The Kier molecular flexibility index (Phi) is 6.47. The van der Waals surface area contributed by atoms with E-state index in [1.54, 1.807) is 12.1 Å². The molecule has 0 spiro atoms. The molecule has 0 aliphatic carbocycles. The lowest BCUT2D eigenvalue weighted by Gasteiger charge is -2.10. The van der Waals surface area contributed by atoms with Crippen LogP contribution in [0, 0.1) is 6.92 Å². The highest BCUT2D eigenvalue weighted by Crippen LogP contribution is 2.21. The predicted octanol–water partition coefficient (Wildman–Crippen LogP) is 4.38. The number of para-hydroxylation sites is 2. The first-order valence-corrected chi connectivity index (χ1v) is 10.7. The molecule has 0 fully saturated rings. The number of imidazole rings is 1. The number of ether oxygens (including phenoxy) is 1. The van der Waals surface area contributed by atoms with Gasteiger partial charge in [-0.2, -0.15) is 0 Å². The monoisotopic (exact) mass is 430 g/mol. The molecule has 2 aromatic heterocycles. The quantitative estimate of drug-likeness (QED) is 0.406. The molecule has 164 valence electrons. The van der Waals surface area contributed by atoms with E-state index >= 15 is 0 Å². The molecule has 32 heavy (non-hydrogen) atoms. The molecule has 2 heterocycles. The summed E-state index contributed by atoms with van der Waals surface area (Å²) in [5.41, 5.74) is 3.94. The van der Waals surface area contributed by atoms with Gasteiger partial charge >= 0.3 is 0 Å². The third-order valence-corrected chi connectivity index (χ3v) is 5.24. The van der Waals surface area contributed by atoms with E-state index in [4.69, 9.17) is 4.74 Å². The van der Waals surface area contributed by atoms with Crippen molar-refractivity contribution >= 4 is 22.9 Å². The van der Waals surface area contributed by atoms with Crippen LogP contribution in [0.15, 0.2) is 65.5 Å². The summed E-state index contributed by atoms with van der Waals surface area (Å²) in [4.78, 5) is 33.0. The summed E-state index contributed by atoms with van der Waals surface area (Å²) in [7, 11) is 0. The highest BCUT2D eigenvalue weighted by Gasteiger charge is 2.17. The summed E-state index contributed by atoms with van der Waals surface area (Å²) in [6.45, 7) is 5.87. The normalized spacial score (nSPS) is 11.1. The predicted molar refractivity (Wildman–Crippen MR) is 126 cm³/mol. The van der Waals surface area contributed by atoms with E-state index in [0.717, 1.165) is 28.6 Å². The second-order valence-electron chi connectivity index (χ2n) is 7.56. The molecule has 2 aromatic carbocycles. The van der Waals surface area contributed by atoms with Crippen LogP contribution < -0.4 is 10.9 Å². The summed E-state index contributed by atoms with van der Waals surface area (Å²) >= 11 is 0. The lowest BCUT2D eigenvalue weighted by Crippen LogP contribution is -2.24. The lowest BCUT2D eigenvalue weighted by atomic mass is 10.1. The minimum absolute atomic E-state index is 0.0364. The molecule has 4 aromatic rings. The second-order valence-corrected chi connectivity index (χ2v) is 7.56. The fraction of sp³-hybridized carbons (Fsp3) is 0.240. The first-order chi connectivity index (χ1) is 15.6. The van der Waals surface area contributed by atoms with Crippen LogP contribution in [0.1, 0.15) is 29.3 Å². The van der Waals surface area contributed by atoms with Gasteiger partial charge in [0.2, 0.25) is 5.95 Å². The molecule has 0 aliphatic rings. The SMILES string of the molecule is CCOCCCn1c(NC(=O)c2ccc(-c3cccc(C)c3)[nH]c2=O)nc2ccccc21. The molecule has 0 bridgehead atoms. The average molecular weight is 431 g/mol. The number of aryl methyl sites for hydroxylation is 2. The van der Waals surface area contributed by atoms with E-state index in [2.05, 4.69) is 15.3 Å². The number of carbonyl (C=O) groups excluding carboxylic acids is 1. The molecular weight excluding hydrogens is 404 g/mol. The number of aromatic amines is 1. The largest absolute Gasteiger partial charge is 0.382 e. The molecular formula is C25H26N4O3. The molecule has 7 heteroatoms. The fourth-order valence-corrected chi connectivity index (χ4v) is 3.67. The van der Waals surface area contributed by atoms with Crippen molar-refractivity contribution in [3.8, 4) is 11.3 Å². The maximum absolute atomic E-state index is 12.9. The van der Waals surface area contributed by atoms with Crippen molar-refractivity contribution in [1.29, 1.82) is 0 Å². The first-order valence-electron chi connectivity index (χ1n) is 10.7. The number of nitrogens with zero attached hydrogens (tertiary/aromatic N) is 2. The van der Waals surface area contributed by atoms with Gasteiger partial charge in [0, 0.05) is 25.5 Å². The molecule has 1 amide bonds. The van der Waals surface area contributed by atoms with E-state index in [-0.39, 0.29) is 5.56 Å². The summed E-state index contributed by atoms with van der Waals surface area (Å²) in [5, 5.41) is 2.82. The minimum Gasteiger partial charge on any atom is -0.382 e. The summed E-state index contributed by atoms with van der Waals surface area (Å²) < 4.78 is 7.38. The van der Waals surface area contributed by atoms with Crippen LogP contribution in [0.4, 0.5) is 5.95 Å². The van der Waals surface area contributed by atoms with Gasteiger partial charge in [0.25, 0.3) is 11.5 Å². The van der Waals surface area contributed by atoms with Crippen LogP contribution in [-0.4, -0.2) is 33.7 Å². The average Bonchev–Trinajstić information content (AvgIpc) is 3.13. The Morgan fingerprint density at radius 1 is 1.12 bits per heavy atom. The number of H-pyrrole nitrogens is 1. The maximum Gasteiger partial charge on any atom is 0.263 e. The molecule has 4 rings (SSSR count). The number of nitrogens with one attached hydrogen (secondary N) is 2. The van der Waals surface area contributed by atoms with Crippen LogP contribution in [0.3, 0.4) is 0 Å². The van der Waals surface area contributed by atoms with Gasteiger partial charge in [-0.25, -0.2) is 4.98 Å². The molecule has 7 nitrogen and oxygen atoms in total. The molecule has 0 aliphatic heterocycles. The maximum atomic E-state index is 12.9. The van der Waals surface area contributed by atoms with Crippen LogP contribution in [0.5, 0.6) is 0 Å². The van der Waals surface area contributed by atoms with Crippen molar-refractivity contribution in [2.75, 3.05) is 18.5 Å². The summed E-state index contributed by atoms with van der Waals surface area (Å²) in [6.07, 6.45) is 0.781. The number of fused-ring (bicyclic) bond motifs is 1. The summed E-state index contributed by atoms with van der Waals surface area (Å²) in [6, 6.07) is 18.8. The van der Waals surface area contributed by atoms with E-state index in [1.807, 2.05) is 66.9 Å². The Morgan fingerprint density at radius 3 is 2.75 bits per heavy atom. The van der Waals surface area contributed by atoms with Crippen molar-refractivity contribution in [1.82, 2.24) is 14.5 Å². The number of rotatable bonds is 8. The number of anilines is 1. The van der Waals surface area contributed by atoms with E-state index in [0.29, 0.717) is 31.4 Å². The molecule has 0 saturated heterocycles. The Bertz CT molecular complexity index is 1310. The van der Waals surface area contributed by atoms with Crippen molar-refractivity contribution in [3.63, 3.8) is 0 Å². The van der Waals surface area contributed by atoms with Gasteiger partial charge < -0.3 is 14.3 Å². The molecule has 0 radical (unpaired) electrons. The zero-order chi connectivity index (χ0) is 22.5. The number of aromatic nitrogens is 3. The zero-order valence-electron chi connectivity index (χ0n) is 18.2. The lowest BCUT2D eigenvalue weighted by molar-refractivity contribution is 0.102. The molecule has 0 atom stereocenters. The van der Waals surface area contributed by atoms with Crippen LogP contribution in [-0.2, 0) is 11.3 Å². The number of hydrogen-bond donors (Lipinski definition) is 2. The van der Waals surface area contributed by atoms with Gasteiger partial charge in [0.1, 0.15) is 5.56 Å². The van der Waals surface area contributed by atoms with Crippen LogP contribution in [0.2, 0.25) is 0 Å². The number of pyridine rings is 1. The number of amides is 1. The Labute approximate surface area is 186 Å². The van der Waals surface area contributed by atoms with Gasteiger partial charge in [-0.1, -0.05) is 35.9 Å². The third-order valence-electron chi connectivity index (χ3n) is 5.24. The molecule has 2 N–H and O–H groups in total. The number of hydrogen-bond acceptors (Lipinski definition) is 4. The fourth-order valence-electron chi connectivity index (χ4n) is 3.67. The molecule has 0 saturated carbocycles. The topological polar surface area (TPSA) is 89.0 Å². The summed E-state index contributed by atoms with van der Waals surface area (Å²) in [5.74, 6) is -0.0849. The third kappa shape index (κ3) is 4.63. The Hall–Kier alpha value is -3.71. The first kappa shape index (κ1) is 21.5. The van der Waals surface area contributed by atoms with Gasteiger partial charge in [0.05, 0.1) is 11.0 Å². The van der Waals surface area contributed by atoms with E-state index < -0.39 is 11.5 Å². The minimum atomic E-state index is -0.497. The van der Waals surface area contributed by atoms with Gasteiger partial charge in [-0.3, -0.25) is 14.9 Å². The smallest absolute Gasteiger partial charge is 0.263 e. The molecule has 0 unspecified atom stereocenters. The van der Waals surface area contributed by atoms with Gasteiger partial charge in [0.15, 0.2) is 0 Å². The zero-order valence-corrected chi connectivity index (χ0v) is 18.2. The van der Waals surface area contributed by atoms with E-state index in [9.17, 15) is 9.59 Å². The van der Waals surface area contributed by atoms with Crippen molar-refractivity contribution in [2.45, 2.75) is 26.8 Å². The van der Waals surface area contributed by atoms with Crippen molar-refractivity contribution < 1.29 is 9.53 Å². The number of carbonyl (C=O) groups is 1. The Morgan fingerprint density at radius 2 is 1.97 bits per heavy atom. The second kappa shape index (κ2) is 9.62. The number of benzene rings is 2. The van der Waals surface area contributed by atoms with Gasteiger partial charge in [-0.15, -0.1) is 0 Å². The van der Waals surface area contributed by atoms with Crippen LogP contribution >= 0.6 is 0 Å². The van der Waals surface area contributed by atoms with Crippen molar-refractivity contribution in [3.05, 3.63) is 82.1 Å². The standard InChI is InChI=1S/C25H26N4O3/c1-3-32-15-7-14-29-22-11-5-4-10-21(22)27-25(29)28-24(31)19-12-13-20(26-23(19)30)18-9-6-8-17(2)16-18/h4-6,8-13,16H,3,7,14-15H2,1-2H3,(H,26,30)(H,27,28,31). The Balaban J connectivity index is 1.59. The van der Waals surface area contributed by atoms with E-state index in [1.165, 1.54) is 0 Å².